The molecule has 0 spiro atoms. The van der Waals surface area contributed by atoms with E-state index in [1.54, 1.807) is 30.3 Å². The minimum absolute atomic E-state index is 0.0107. The fourth-order valence-corrected chi connectivity index (χ4v) is 7.92. The number of nitrogen functional groups attached to an aromatic ring is 1. The molecule has 21 nitrogen and oxygen atoms in total. The Hall–Kier alpha value is -4.58. The first-order valence-corrected chi connectivity index (χ1v) is 18.1. The van der Waals surface area contributed by atoms with E-state index in [0.29, 0.717) is 5.56 Å². The van der Waals surface area contributed by atoms with E-state index in [1.165, 1.54) is 28.1 Å². The van der Waals surface area contributed by atoms with E-state index in [2.05, 4.69) is 39.9 Å². The first-order valence-electron chi connectivity index (χ1n) is 15.2. The van der Waals surface area contributed by atoms with Crippen LogP contribution in [0.3, 0.4) is 0 Å². The van der Waals surface area contributed by atoms with Crippen molar-refractivity contribution in [1.29, 1.82) is 0 Å². The summed E-state index contributed by atoms with van der Waals surface area (Å²) in [6, 6.07) is 8.45. The van der Waals surface area contributed by atoms with Gasteiger partial charge in [0.15, 0.2) is 47.0 Å². The van der Waals surface area contributed by atoms with Gasteiger partial charge in [0.05, 0.1) is 19.3 Å². The highest BCUT2D eigenvalue weighted by molar-refractivity contribution is 7.84. The zero-order valence-electron chi connectivity index (χ0n) is 25.9. The van der Waals surface area contributed by atoms with Gasteiger partial charge in [-0.3, -0.25) is 23.0 Å². The summed E-state index contributed by atoms with van der Waals surface area (Å²) < 4.78 is 88.1. The number of carbonyl (C=O) groups excluding carboxylic acids is 1. The van der Waals surface area contributed by atoms with E-state index in [-0.39, 0.29) is 40.4 Å². The number of aromatic nitrogens is 8. The Kier molecular flexibility index (Phi) is 8.47. The molecule has 2 bridgehead atoms. The first kappa shape index (κ1) is 33.6. The maximum Gasteiger partial charge on any atom is 0.472 e. The van der Waals surface area contributed by atoms with Crippen molar-refractivity contribution in [2.45, 2.75) is 49.5 Å². The molecule has 3 aliphatic rings. The van der Waals surface area contributed by atoms with E-state index in [0.717, 1.165) is 6.33 Å². The first-order chi connectivity index (χ1) is 24.5. The minimum atomic E-state index is -4.94. The number of nitrogens with two attached hydrogens (primary N) is 1. The summed E-state index contributed by atoms with van der Waals surface area (Å²) in [6.45, 7) is -1.37. The van der Waals surface area contributed by atoms with E-state index in [9.17, 15) is 22.7 Å². The third-order valence-electron chi connectivity index (χ3n) is 8.41. The van der Waals surface area contributed by atoms with Crippen LogP contribution < -0.4 is 15.8 Å². The topological polar surface area (TPSA) is 272 Å². The largest absolute Gasteiger partial charge is 0.472 e. The van der Waals surface area contributed by atoms with Gasteiger partial charge < -0.3 is 25.4 Å². The van der Waals surface area contributed by atoms with Crippen LogP contribution in [0.4, 0.5) is 16.0 Å². The highest BCUT2D eigenvalue weighted by Gasteiger charge is 2.52. The van der Waals surface area contributed by atoms with Crippen molar-refractivity contribution in [1.82, 2.24) is 43.8 Å². The number of phosphoric ester groups is 1. The lowest BCUT2D eigenvalue weighted by molar-refractivity contribution is -0.0505. The van der Waals surface area contributed by atoms with Gasteiger partial charge in [0.1, 0.15) is 42.7 Å². The number of imidazole rings is 2. The summed E-state index contributed by atoms with van der Waals surface area (Å²) in [4.78, 5) is 48.3. The third-order valence-corrected chi connectivity index (χ3v) is 10.4. The van der Waals surface area contributed by atoms with E-state index < -0.39 is 80.2 Å². The molecule has 0 radical (unpaired) electrons. The molecule has 3 saturated heterocycles. The number of carbonyl (C=O) groups is 1. The predicted octanol–water partition coefficient (Wildman–Crippen LogP) is 0.759. The lowest BCUT2D eigenvalue weighted by Gasteiger charge is -2.23. The zero-order chi connectivity index (χ0) is 35.5. The van der Waals surface area contributed by atoms with Gasteiger partial charge in [-0.25, -0.2) is 43.0 Å². The average Bonchev–Trinajstić information content (AvgIpc) is 3.89. The maximum absolute atomic E-state index is 15.8. The Morgan fingerprint density at radius 3 is 2.51 bits per heavy atom. The second-order valence-corrected chi connectivity index (χ2v) is 14.4. The molecular weight excluding hydrogens is 720 g/mol. The number of anilines is 2. The van der Waals surface area contributed by atoms with Gasteiger partial charge in [-0.1, -0.05) is 18.2 Å². The molecule has 5 N–H and O–H groups in total. The highest BCUT2D eigenvalue weighted by Crippen LogP contribution is 2.50. The average molecular weight is 748 g/mol. The molecule has 0 aliphatic carbocycles. The summed E-state index contributed by atoms with van der Waals surface area (Å²) in [5, 5.41) is 2.70. The number of phosphoric acid groups is 1. The summed E-state index contributed by atoms with van der Waals surface area (Å²) >= 11 is 0. The predicted molar refractivity (Wildman–Crippen MR) is 169 cm³/mol. The van der Waals surface area contributed by atoms with Crippen LogP contribution in [0.15, 0.2) is 55.6 Å². The van der Waals surface area contributed by atoms with Crippen LogP contribution in [0, 0.1) is 0 Å². The lowest BCUT2D eigenvalue weighted by Crippen LogP contribution is -2.42. The molecule has 51 heavy (non-hydrogen) atoms. The van der Waals surface area contributed by atoms with Crippen LogP contribution in [0.25, 0.3) is 22.3 Å². The van der Waals surface area contributed by atoms with Gasteiger partial charge in [0.25, 0.3) is 5.91 Å². The fraction of sp³-hybridized carbons (Fsp3) is 0.370. The van der Waals surface area contributed by atoms with Crippen molar-refractivity contribution in [2.75, 3.05) is 24.2 Å². The molecule has 8 rings (SSSR count). The monoisotopic (exact) mass is 747 g/mol. The normalized spacial score (nSPS) is 31.1. The number of fused-ring (bicyclic) bond motifs is 5. The number of alkyl halides is 1. The van der Waals surface area contributed by atoms with Crippen molar-refractivity contribution in [2.24, 2.45) is 0 Å². The van der Waals surface area contributed by atoms with Crippen LogP contribution >= 0.6 is 7.82 Å². The second kappa shape index (κ2) is 12.9. The van der Waals surface area contributed by atoms with Gasteiger partial charge in [0.2, 0.25) is 0 Å². The second-order valence-electron chi connectivity index (χ2n) is 11.6. The van der Waals surface area contributed by atoms with Gasteiger partial charge in [0, 0.05) is 18.5 Å². The number of hydrogen-bond acceptors (Lipinski definition) is 16. The van der Waals surface area contributed by atoms with Crippen LogP contribution in [0.5, 0.6) is 0 Å². The Morgan fingerprint density at radius 2 is 1.71 bits per heavy atom. The van der Waals surface area contributed by atoms with Gasteiger partial charge in [-0.05, 0) is 12.1 Å². The molecule has 8 atom stereocenters. The molecule has 7 heterocycles. The van der Waals surface area contributed by atoms with Crippen LogP contribution in [-0.4, -0.2) is 102 Å². The lowest BCUT2D eigenvalue weighted by atomic mass is 10.1. The molecule has 3 fully saturated rings. The molecule has 3 aliphatic heterocycles. The number of ether oxygens (including phenoxy) is 2. The number of nitrogens with one attached hydrogen (secondary N) is 2. The Labute approximate surface area is 286 Å². The highest BCUT2D eigenvalue weighted by atomic mass is 32.2. The van der Waals surface area contributed by atoms with E-state index in [4.69, 9.17) is 28.4 Å². The molecular formula is C27H27FN11O10PS. The summed E-state index contributed by atoms with van der Waals surface area (Å²) in [7, 11) is -9.68. The van der Waals surface area contributed by atoms with Crippen molar-refractivity contribution in [3.63, 3.8) is 0 Å². The molecule has 4 aromatic heterocycles. The fourth-order valence-electron chi connectivity index (χ4n) is 6.03. The van der Waals surface area contributed by atoms with Crippen LogP contribution in [0.2, 0.25) is 0 Å². The molecule has 1 amide bonds. The number of rotatable bonds is 4. The number of halogens is 1. The van der Waals surface area contributed by atoms with Crippen molar-refractivity contribution in [3.8, 4) is 0 Å². The minimum Gasteiger partial charge on any atom is -0.382 e. The zero-order valence-corrected chi connectivity index (χ0v) is 27.6. The summed E-state index contributed by atoms with van der Waals surface area (Å²) in [5.74, 6) is -0.307. The number of benzene rings is 1. The van der Waals surface area contributed by atoms with Gasteiger partial charge in [-0.2, -0.15) is 13.1 Å². The summed E-state index contributed by atoms with van der Waals surface area (Å²) in [5.41, 5.74) is 6.92. The maximum atomic E-state index is 15.8. The molecule has 0 saturated carbocycles. The van der Waals surface area contributed by atoms with Crippen molar-refractivity contribution < 1.29 is 49.8 Å². The Morgan fingerprint density at radius 1 is 0.980 bits per heavy atom. The van der Waals surface area contributed by atoms with Crippen LogP contribution in [0.1, 0.15) is 29.2 Å². The number of hydrogen-bond donors (Lipinski definition) is 4. The quantitative estimate of drug-likeness (QED) is 0.185. The van der Waals surface area contributed by atoms with Gasteiger partial charge in [-0.15, -0.1) is 0 Å². The van der Waals surface area contributed by atoms with E-state index in [1.807, 2.05) is 0 Å². The van der Waals surface area contributed by atoms with Crippen molar-refractivity contribution >= 4 is 58.0 Å². The molecule has 24 heteroatoms. The molecule has 1 unspecified atom stereocenters. The molecule has 268 valence electrons. The smallest absolute Gasteiger partial charge is 0.382 e. The van der Waals surface area contributed by atoms with Crippen molar-refractivity contribution in [3.05, 3.63) is 61.2 Å². The SMILES string of the molecule is Nc1ncnc2c1ncn2[C@@H]1O[C@@H]2COP(=O)(O)O[C@H]3C[C@H](n4cnc5c(NC(=O)c6ccccc6)ncnc54)O[C@@H]3CNS(=O)(=O)O[C@@H]1[C@@H]2F. The van der Waals surface area contributed by atoms with E-state index >= 15 is 4.39 Å². The standard InChI is InChI=1S/C27H27FN11O10PS/c28-18-16-8-45-50(41,42)48-14-6-17(38-11-35-20-23(31-10-33-25(20)38)37-26(40)13-4-2-1-3-5-13)46-15(14)7-36-51(43,44)49-21(18)27(47-16)39-12-34-19-22(29)30-9-32-24(19)39/h1-5,9-12,14-18,21,27,36H,6-8H2,(H,41,42)(H2,29,30,32)(H,31,33,37,40)/t14-,15+,16+,17+,18+,21+,27+/m0/s1. The number of amides is 1. The Bertz CT molecular complexity index is 2280. The molecule has 5 aromatic rings. The molecule has 1 aromatic carbocycles. The Balaban J connectivity index is 1.05. The van der Waals surface area contributed by atoms with Gasteiger partial charge >= 0.3 is 18.1 Å². The summed E-state index contributed by atoms with van der Waals surface area (Å²) in [6.07, 6.45) is -5.69. The number of nitrogens with zero attached hydrogens (tertiary/aromatic N) is 8. The van der Waals surface area contributed by atoms with Crippen LogP contribution in [-0.2, 0) is 37.6 Å². The third kappa shape index (κ3) is 6.43.